The van der Waals surface area contributed by atoms with Gasteiger partial charge in [-0.3, -0.25) is 0 Å². The van der Waals surface area contributed by atoms with Gasteiger partial charge in [0.1, 0.15) is 0 Å². The average Bonchev–Trinajstić information content (AvgIpc) is 2.32. The van der Waals surface area contributed by atoms with Crippen molar-refractivity contribution in [2.45, 2.75) is 5.51 Å². The van der Waals surface area contributed by atoms with Crippen molar-refractivity contribution < 1.29 is 48.0 Å². The molecular formula is C7HF8NO3S. The number of nitrogens with one attached hydrogen (secondary N) is 1. The summed E-state index contributed by atoms with van der Waals surface area (Å²) in [7, 11) is -6.80. The molecule has 1 atom stereocenters. The number of halogens is 8. The van der Waals surface area contributed by atoms with Crippen LogP contribution in [-0.2, 0) is 10.0 Å². The molecule has 0 heterocycles. The third kappa shape index (κ3) is 2.31. The molecule has 0 radical (unpaired) electrons. The summed E-state index contributed by atoms with van der Waals surface area (Å²) >= 11 is 0. The highest BCUT2D eigenvalue weighted by molar-refractivity contribution is 7.86. The summed E-state index contributed by atoms with van der Waals surface area (Å²) in [6.45, 7) is 0. The van der Waals surface area contributed by atoms with E-state index in [0.29, 0.717) is 0 Å². The van der Waals surface area contributed by atoms with Crippen LogP contribution in [0.25, 0.3) is 0 Å². The number of sulfonamides is 1. The molecule has 0 aliphatic heterocycles. The highest BCUT2D eigenvalue weighted by atomic mass is 32.2. The van der Waals surface area contributed by atoms with Gasteiger partial charge < -0.3 is 5.21 Å². The van der Waals surface area contributed by atoms with Crippen LogP contribution in [0.5, 0.6) is 0 Å². The molecule has 1 aromatic rings. The lowest BCUT2D eigenvalue weighted by atomic mass is 10.2. The molecule has 0 aliphatic carbocycles. The van der Waals surface area contributed by atoms with Crippen molar-refractivity contribution >= 4 is 15.7 Å². The van der Waals surface area contributed by atoms with E-state index in [0.717, 1.165) is 0 Å². The van der Waals surface area contributed by atoms with Crippen molar-refractivity contribution in [1.82, 2.24) is 0 Å². The molecule has 1 aromatic carbocycles. The van der Waals surface area contributed by atoms with Crippen LogP contribution in [0.1, 0.15) is 0 Å². The van der Waals surface area contributed by atoms with E-state index in [-0.39, 0.29) is 0 Å². The minimum Gasteiger partial charge on any atom is -0.612 e. The van der Waals surface area contributed by atoms with Crippen LogP contribution in [0.4, 0.5) is 40.8 Å². The van der Waals surface area contributed by atoms with Crippen molar-refractivity contribution in [3.63, 3.8) is 0 Å². The Hall–Kier alpha value is -1.47. The molecule has 1 N–H and O–H groups in total. The zero-order chi connectivity index (χ0) is 16.0. The maximum atomic E-state index is 13.0. The van der Waals surface area contributed by atoms with E-state index < -0.39 is 54.8 Å². The van der Waals surface area contributed by atoms with Gasteiger partial charge in [-0.2, -0.15) is 30.4 Å². The first-order valence-electron chi connectivity index (χ1n) is 4.21. The second-order valence-electron chi connectivity index (χ2n) is 3.18. The fraction of sp³-hybridized carbons (Fsp3) is 0.143. The summed E-state index contributed by atoms with van der Waals surface area (Å²) in [6, 6.07) is 0. The first-order valence-corrected chi connectivity index (χ1v) is 5.69. The largest absolute Gasteiger partial charge is 0.612 e. The number of alkyl halides is 3. The molecule has 0 aliphatic rings. The second-order valence-corrected chi connectivity index (χ2v) is 5.02. The van der Waals surface area contributed by atoms with Gasteiger partial charge in [0.25, 0.3) is 0 Å². The predicted molar refractivity (Wildman–Crippen MR) is 45.2 cm³/mol. The van der Waals surface area contributed by atoms with Crippen LogP contribution in [0.15, 0.2) is 0 Å². The number of hydrogen-bond acceptors (Lipinski definition) is 3. The van der Waals surface area contributed by atoms with E-state index in [1.165, 1.54) is 0 Å². The van der Waals surface area contributed by atoms with Crippen molar-refractivity contribution in [1.29, 1.82) is 0 Å². The Labute approximate surface area is 104 Å². The fourth-order valence-corrected chi connectivity index (χ4v) is 1.68. The molecule has 0 fully saturated rings. The molecule has 1 unspecified atom stereocenters. The lowest BCUT2D eigenvalue weighted by Crippen LogP contribution is -3.06. The van der Waals surface area contributed by atoms with Gasteiger partial charge in [-0.05, 0) is 0 Å². The average molecular weight is 331 g/mol. The minimum atomic E-state index is -6.80. The van der Waals surface area contributed by atoms with E-state index >= 15 is 0 Å². The zero-order valence-electron chi connectivity index (χ0n) is 8.66. The molecule has 4 nitrogen and oxygen atoms in total. The first-order chi connectivity index (χ1) is 8.84. The summed E-state index contributed by atoms with van der Waals surface area (Å²) in [4.78, 5) is 0. The van der Waals surface area contributed by atoms with Crippen LogP contribution < -0.4 is 4.47 Å². The van der Waals surface area contributed by atoms with Gasteiger partial charge in [-0.15, -0.1) is 0 Å². The highest BCUT2D eigenvalue weighted by Gasteiger charge is 2.54. The zero-order valence-corrected chi connectivity index (χ0v) is 9.47. The molecule has 0 amide bonds. The number of quaternary nitrogens is 1. The monoisotopic (exact) mass is 331 g/mol. The van der Waals surface area contributed by atoms with Crippen molar-refractivity contribution in [3.05, 3.63) is 34.3 Å². The first kappa shape index (κ1) is 16.6. The van der Waals surface area contributed by atoms with E-state index in [4.69, 9.17) is 0 Å². The SMILES string of the molecule is O=S(=O)([NH+]([O-])c1c(F)c(F)c(F)c(F)c1F)C(F)(F)F. The molecule has 0 bridgehead atoms. The predicted octanol–water partition coefficient (Wildman–Crippen LogP) is 1.25. The van der Waals surface area contributed by atoms with Gasteiger partial charge in [0, 0.05) is 0 Å². The van der Waals surface area contributed by atoms with Crippen molar-refractivity contribution in [2.75, 3.05) is 0 Å². The number of hydrogen-bond donors (Lipinski definition) is 1. The normalized spacial score (nSPS) is 14.4. The quantitative estimate of drug-likeness (QED) is 0.384. The molecule has 13 heteroatoms. The van der Waals surface area contributed by atoms with Crippen LogP contribution in [-0.4, -0.2) is 13.9 Å². The van der Waals surface area contributed by atoms with E-state index in [1.54, 1.807) is 0 Å². The lowest BCUT2D eigenvalue weighted by molar-refractivity contribution is -0.633. The fourth-order valence-electron chi connectivity index (χ4n) is 1.02. The van der Waals surface area contributed by atoms with Crippen LogP contribution in [0, 0.1) is 34.3 Å². The Balaban J connectivity index is 3.66. The molecule has 20 heavy (non-hydrogen) atoms. The van der Waals surface area contributed by atoms with Gasteiger partial charge in [0.2, 0.25) is 34.8 Å². The van der Waals surface area contributed by atoms with E-state index in [1.807, 2.05) is 0 Å². The van der Waals surface area contributed by atoms with Crippen molar-refractivity contribution in [3.8, 4) is 0 Å². The van der Waals surface area contributed by atoms with E-state index in [9.17, 15) is 48.7 Å². The highest BCUT2D eigenvalue weighted by Crippen LogP contribution is 2.27. The number of rotatable bonds is 2. The summed E-state index contributed by atoms with van der Waals surface area (Å²) in [6.07, 6.45) is 0. The van der Waals surface area contributed by atoms with Gasteiger partial charge in [-0.1, -0.05) is 0 Å². The molecular weight excluding hydrogens is 330 g/mol. The van der Waals surface area contributed by atoms with Gasteiger partial charge in [0.05, 0.1) is 0 Å². The van der Waals surface area contributed by atoms with E-state index in [2.05, 4.69) is 0 Å². The van der Waals surface area contributed by atoms with Crippen LogP contribution in [0.3, 0.4) is 0 Å². The Kier molecular flexibility index (Phi) is 4.00. The Morgan fingerprint density at radius 2 is 1.10 bits per heavy atom. The third-order valence-electron chi connectivity index (χ3n) is 1.96. The molecule has 0 saturated carbocycles. The third-order valence-corrected chi connectivity index (χ3v) is 3.26. The Morgan fingerprint density at radius 3 is 1.40 bits per heavy atom. The Morgan fingerprint density at radius 1 is 0.800 bits per heavy atom. The minimum absolute atomic E-state index is 2.70. The summed E-state index contributed by atoms with van der Waals surface area (Å²) in [5.74, 6) is -14.2. The smallest absolute Gasteiger partial charge is 0.550 e. The summed E-state index contributed by atoms with van der Waals surface area (Å²) in [5.41, 5.74) is -8.96. The molecule has 0 spiro atoms. The maximum Gasteiger partial charge on any atom is 0.550 e. The molecule has 1 rings (SSSR count). The van der Waals surface area contributed by atoms with Crippen molar-refractivity contribution in [2.24, 2.45) is 0 Å². The topological polar surface area (TPSA) is 61.6 Å². The van der Waals surface area contributed by atoms with Crippen LogP contribution >= 0.6 is 0 Å². The van der Waals surface area contributed by atoms with Crippen LogP contribution in [0.2, 0.25) is 0 Å². The molecule has 0 saturated heterocycles. The lowest BCUT2D eigenvalue weighted by Gasteiger charge is -2.22. The summed E-state index contributed by atoms with van der Waals surface area (Å²) < 4.78 is 118. The molecule has 0 aromatic heterocycles. The second kappa shape index (κ2) is 4.82. The van der Waals surface area contributed by atoms with Gasteiger partial charge in [-0.25, -0.2) is 17.6 Å². The Bertz CT molecular complexity index is 626. The number of benzene rings is 1. The van der Waals surface area contributed by atoms with Gasteiger partial charge in [0.15, 0.2) is 0 Å². The van der Waals surface area contributed by atoms with Gasteiger partial charge >= 0.3 is 15.5 Å². The summed E-state index contributed by atoms with van der Waals surface area (Å²) in [5, 5.41) is 10.9. The maximum absolute atomic E-state index is 13.0. The standard InChI is InChI=1S/C7HF8NO3S/c8-1-2(9)4(11)6(5(12)3(1)10)16(17)20(18,19)7(13,14)15/h16H. The molecule has 114 valence electrons.